The van der Waals surface area contributed by atoms with E-state index in [4.69, 9.17) is 9.62 Å². The van der Waals surface area contributed by atoms with Gasteiger partial charge in [-0.1, -0.05) is 18.2 Å². The Kier molecular flexibility index (Phi) is 2.88. The summed E-state index contributed by atoms with van der Waals surface area (Å²) in [5.41, 5.74) is 4.01. The maximum absolute atomic E-state index is 12.6. The van der Waals surface area contributed by atoms with Gasteiger partial charge in [0.25, 0.3) is 11.8 Å². The number of rotatable bonds is 2. The van der Waals surface area contributed by atoms with Crippen LogP contribution in [0.5, 0.6) is 0 Å². The lowest BCUT2D eigenvalue weighted by molar-refractivity contribution is 0.0705. The lowest BCUT2D eigenvalue weighted by Crippen LogP contribution is -2.23. The summed E-state index contributed by atoms with van der Waals surface area (Å²) >= 11 is 0. The molecule has 0 radical (unpaired) electrons. The quantitative estimate of drug-likeness (QED) is 0.558. The van der Waals surface area contributed by atoms with Gasteiger partial charge in [0.2, 0.25) is 0 Å². The molecule has 2 N–H and O–H groups in total. The number of hydrogen-bond donors (Lipinski definition) is 2. The van der Waals surface area contributed by atoms with Crippen LogP contribution in [0.25, 0.3) is 11.1 Å². The van der Waals surface area contributed by atoms with Crippen molar-refractivity contribution >= 4 is 28.9 Å². The van der Waals surface area contributed by atoms with E-state index in [9.17, 15) is 9.59 Å². The second-order valence-electron chi connectivity index (χ2n) is 5.13. The molecule has 7 heteroatoms. The largest absolute Gasteiger partial charge is 0.423 e. The van der Waals surface area contributed by atoms with Gasteiger partial charge in [0, 0.05) is 11.1 Å². The summed E-state index contributed by atoms with van der Waals surface area (Å²) in [7, 11) is 0. The molecular formula is C16H11N3O4. The van der Waals surface area contributed by atoms with Gasteiger partial charge in [-0.25, -0.2) is 5.48 Å². The van der Waals surface area contributed by atoms with Gasteiger partial charge in [-0.2, -0.15) is 4.98 Å². The predicted molar refractivity (Wildman–Crippen MR) is 80.2 cm³/mol. The molecule has 0 saturated carbocycles. The highest BCUT2D eigenvalue weighted by molar-refractivity contribution is 6.11. The number of aromatic nitrogens is 1. The Hall–Kier alpha value is -3.19. The number of carbonyl (C=O) groups excluding carboxylic acids is 2. The molecule has 0 spiro atoms. The first-order chi connectivity index (χ1) is 11.2. The van der Waals surface area contributed by atoms with Crippen molar-refractivity contribution in [3.63, 3.8) is 0 Å². The molecule has 2 amide bonds. The Bertz CT molecular complexity index is 914. The third-order valence-corrected chi connectivity index (χ3v) is 3.83. The normalized spacial score (nSPS) is 13.4. The molecule has 0 bridgehead atoms. The van der Waals surface area contributed by atoms with E-state index in [-0.39, 0.29) is 24.0 Å². The summed E-state index contributed by atoms with van der Waals surface area (Å²) in [4.78, 5) is 30.0. The van der Waals surface area contributed by atoms with E-state index < -0.39 is 5.91 Å². The topological polar surface area (TPSA) is 95.7 Å². The van der Waals surface area contributed by atoms with Crippen LogP contribution >= 0.6 is 0 Å². The van der Waals surface area contributed by atoms with Crippen LogP contribution in [0.1, 0.15) is 26.3 Å². The van der Waals surface area contributed by atoms with Crippen LogP contribution in [0.3, 0.4) is 0 Å². The number of hydrogen-bond acceptors (Lipinski definition) is 5. The summed E-state index contributed by atoms with van der Waals surface area (Å²) < 4.78 is 5.62. The molecule has 4 rings (SSSR count). The van der Waals surface area contributed by atoms with Gasteiger partial charge in [-0.15, -0.1) is 0 Å². The zero-order chi connectivity index (χ0) is 16.0. The molecule has 0 unspecified atom stereocenters. The van der Waals surface area contributed by atoms with E-state index in [1.165, 1.54) is 4.90 Å². The van der Waals surface area contributed by atoms with E-state index in [0.29, 0.717) is 22.2 Å². The number of oxazole rings is 1. The zero-order valence-electron chi connectivity index (χ0n) is 11.8. The highest BCUT2D eigenvalue weighted by Crippen LogP contribution is 2.31. The fourth-order valence-electron chi connectivity index (χ4n) is 2.74. The van der Waals surface area contributed by atoms with Crippen LogP contribution in [0.4, 0.5) is 6.01 Å². The zero-order valence-corrected chi connectivity index (χ0v) is 11.8. The van der Waals surface area contributed by atoms with E-state index in [1.54, 1.807) is 35.8 Å². The van der Waals surface area contributed by atoms with Gasteiger partial charge in [-0.05, 0) is 29.8 Å². The minimum atomic E-state index is -0.658. The van der Waals surface area contributed by atoms with Gasteiger partial charge in [0.1, 0.15) is 5.52 Å². The predicted octanol–water partition coefficient (Wildman–Crippen LogP) is 2.11. The standard InChI is InChI=1S/C16H11N3O4/c20-14(18-22)9-4-3-5-10-11(9)8-19(15(10)21)16-17-12-6-1-2-7-13(12)23-16/h1-7,22H,8H2,(H,18,20). The first kappa shape index (κ1) is 13.5. The first-order valence-electron chi connectivity index (χ1n) is 6.93. The number of fused-ring (bicyclic) bond motifs is 2. The van der Waals surface area contributed by atoms with E-state index in [2.05, 4.69) is 4.98 Å². The average Bonchev–Trinajstić information content (AvgIpc) is 3.15. The van der Waals surface area contributed by atoms with Gasteiger partial charge in [-0.3, -0.25) is 19.7 Å². The van der Waals surface area contributed by atoms with E-state index in [0.717, 1.165) is 0 Å². The highest BCUT2D eigenvalue weighted by atomic mass is 16.5. The Labute approximate surface area is 130 Å². The molecule has 3 aromatic rings. The maximum atomic E-state index is 12.6. The minimum Gasteiger partial charge on any atom is -0.423 e. The Morgan fingerprint density at radius 1 is 1.22 bits per heavy atom. The van der Waals surface area contributed by atoms with Crippen LogP contribution in [0.15, 0.2) is 46.9 Å². The number of para-hydroxylation sites is 2. The fraction of sp³-hybridized carbons (Fsp3) is 0.0625. The lowest BCUT2D eigenvalue weighted by Gasteiger charge is -2.09. The van der Waals surface area contributed by atoms with Gasteiger partial charge in [0.05, 0.1) is 6.54 Å². The van der Waals surface area contributed by atoms with Crippen molar-refractivity contribution in [2.75, 3.05) is 4.90 Å². The van der Waals surface area contributed by atoms with E-state index >= 15 is 0 Å². The summed E-state index contributed by atoms with van der Waals surface area (Å²) in [6, 6.07) is 12.2. The molecule has 114 valence electrons. The number of nitrogens with one attached hydrogen (secondary N) is 1. The van der Waals surface area contributed by atoms with Crippen molar-refractivity contribution in [3.05, 3.63) is 59.2 Å². The molecule has 0 fully saturated rings. The molecule has 1 aromatic heterocycles. The minimum absolute atomic E-state index is 0.157. The first-order valence-corrected chi connectivity index (χ1v) is 6.93. The summed E-state index contributed by atoms with van der Waals surface area (Å²) in [6.07, 6.45) is 0. The SMILES string of the molecule is O=C(NO)c1cccc2c1CN(c1nc3ccccc3o1)C2=O. The van der Waals surface area contributed by atoms with Gasteiger partial charge in [0.15, 0.2) is 5.58 Å². The van der Waals surface area contributed by atoms with Crippen molar-refractivity contribution in [1.29, 1.82) is 0 Å². The second-order valence-corrected chi connectivity index (χ2v) is 5.13. The van der Waals surface area contributed by atoms with Gasteiger partial charge < -0.3 is 4.42 Å². The maximum Gasteiger partial charge on any atom is 0.305 e. The van der Waals surface area contributed by atoms with Crippen molar-refractivity contribution in [3.8, 4) is 0 Å². The molecule has 0 saturated heterocycles. The number of anilines is 1. The van der Waals surface area contributed by atoms with Crippen molar-refractivity contribution in [1.82, 2.24) is 10.5 Å². The molecule has 7 nitrogen and oxygen atoms in total. The van der Waals surface area contributed by atoms with Crippen molar-refractivity contribution in [2.45, 2.75) is 6.54 Å². The third-order valence-electron chi connectivity index (χ3n) is 3.83. The van der Waals surface area contributed by atoms with Crippen molar-refractivity contribution < 1.29 is 19.2 Å². The van der Waals surface area contributed by atoms with Gasteiger partial charge >= 0.3 is 6.01 Å². The molecule has 0 aliphatic carbocycles. The molecule has 23 heavy (non-hydrogen) atoms. The molecule has 1 aliphatic rings. The molecule has 2 aromatic carbocycles. The summed E-state index contributed by atoms with van der Waals surface area (Å²) in [6.45, 7) is 0.157. The number of carbonyl (C=O) groups is 2. The average molecular weight is 309 g/mol. The third kappa shape index (κ3) is 1.98. The summed E-state index contributed by atoms with van der Waals surface area (Å²) in [5, 5.41) is 8.83. The van der Waals surface area contributed by atoms with Crippen LogP contribution < -0.4 is 10.4 Å². The number of benzene rings is 2. The summed E-state index contributed by atoms with van der Waals surface area (Å²) in [5.74, 6) is -0.951. The Balaban J connectivity index is 1.78. The Morgan fingerprint density at radius 2 is 2.04 bits per heavy atom. The van der Waals surface area contributed by atoms with Crippen LogP contribution in [-0.2, 0) is 6.54 Å². The van der Waals surface area contributed by atoms with Crippen LogP contribution in [-0.4, -0.2) is 22.0 Å². The second kappa shape index (κ2) is 4.92. The number of nitrogens with zero attached hydrogens (tertiary/aromatic N) is 2. The lowest BCUT2D eigenvalue weighted by atomic mass is 10.0. The number of hydroxylamine groups is 1. The molecule has 1 aliphatic heterocycles. The van der Waals surface area contributed by atoms with E-state index in [1.807, 2.05) is 12.1 Å². The Morgan fingerprint density at radius 3 is 2.83 bits per heavy atom. The molecular weight excluding hydrogens is 298 g/mol. The van der Waals surface area contributed by atoms with Crippen LogP contribution in [0, 0.1) is 0 Å². The molecule has 2 heterocycles. The molecule has 0 atom stereocenters. The number of amides is 2. The van der Waals surface area contributed by atoms with Crippen LogP contribution in [0.2, 0.25) is 0 Å². The fourth-order valence-corrected chi connectivity index (χ4v) is 2.74. The highest BCUT2D eigenvalue weighted by Gasteiger charge is 2.34. The smallest absolute Gasteiger partial charge is 0.305 e. The monoisotopic (exact) mass is 309 g/mol. The van der Waals surface area contributed by atoms with Crippen molar-refractivity contribution in [2.24, 2.45) is 0 Å².